The van der Waals surface area contributed by atoms with Crippen LogP contribution in [0.15, 0.2) is 48.7 Å². The number of carbonyl (C=O) groups excluding carboxylic acids is 1. The number of aryl methyl sites for hydroxylation is 1. The zero-order valence-electron chi connectivity index (χ0n) is 27.2. The quantitative estimate of drug-likeness (QED) is 0.147. The van der Waals surface area contributed by atoms with Gasteiger partial charge >= 0.3 is 20.1 Å². The number of phosphoric acid groups is 1. The van der Waals surface area contributed by atoms with Crippen LogP contribution in [-0.2, 0) is 55.1 Å². The summed E-state index contributed by atoms with van der Waals surface area (Å²) in [5, 5.41) is 5.05. The summed E-state index contributed by atoms with van der Waals surface area (Å²) in [5.74, 6) is -0.604. The summed E-state index contributed by atoms with van der Waals surface area (Å²) in [6.45, 7) is 4.68. The minimum Gasteiger partial charge on any atom is -0.421 e. The Morgan fingerprint density at radius 1 is 1.12 bits per heavy atom. The normalized spacial score (nSPS) is 21.3. The second kappa shape index (κ2) is 11.6. The number of hydrogen-bond acceptors (Lipinski definition) is 9. The number of fused-ring (bicyclic) bond motifs is 10. The number of benzene rings is 1. The monoisotopic (exact) mass is 718 g/mol. The van der Waals surface area contributed by atoms with E-state index in [4.69, 9.17) is 24.4 Å². The van der Waals surface area contributed by atoms with E-state index in [9.17, 15) is 22.5 Å². The predicted molar refractivity (Wildman–Crippen MR) is 168 cm³/mol. The van der Waals surface area contributed by atoms with Gasteiger partial charge in [0.15, 0.2) is 5.60 Å². The smallest absolute Gasteiger partial charge is 0.421 e. The molecule has 0 saturated carbocycles. The van der Waals surface area contributed by atoms with Crippen LogP contribution >= 0.6 is 7.82 Å². The lowest BCUT2D eigenvalue weighted by Gasteiger charge is -2.47. The Hall–Kier alpha value is -4.41. The molecule has 0 radical (unpaired) electrons. The average molecular weight is 719 g/mol. The van der Waals surface area contributed by atoms with Gasteiger partial charge in [0.25, 0.3) is 0 Å². The number of hydrogen-bond donors (Lipinski definition) is 2. The van der Waals surface area contributed by atoms with Crippen LogP contribution in [0.4, 0.5) is 28.3 Å². The number of allylic oxidation sites excluding steroid dienone is 1. The van der Waals surface area contributed by atoms with Crippen molar-refractivity contribution in [2.24, 2.45) is 0 Å². The molecule has 7 rings (SSSR count). The van der Waals surface area contributed by atoms with Crippen molar-refractivity contribution in [3.63, 3.8) is 0 Å². The van der Waals surface area contributed by atoms with E-state index in [2.05, 4.69) is 14.5 Å². The molecule has 2 atom stereocenters. The number of alkyl halides is 3. The Balaban J connectivity index is 1.44. The van der Waals surface area contributed by atoms with Crippen molar-refractivity contribution in [2.75, 3.05) is 25.3 Å². The van der Waals surface area contributed by atoms with Crippen LogP contribution in [0.1, 0.15) is 65.7 Å². The number of carbonyl (C=O) groups is 1. The molecule has 2 unspecified atom stereocenters. The van der Waals surface area contributed by atoms with Gasteiger partial charge in [0.1, 0.15) is 5.83 Å². The van der Waals surface area contributed by atoms with E-state index in [0.717, 1.165) is 22.5 Å². The van der Waals surface area contributed by atoms with Gasteiger partial charge in [0.05, 0.1) is 33.7 Å². The largest absolute Gasteiger partial charge is 0.472 e. The van der Waals surface area contributed by atoms with Crippen molar-refractivity contribution in [1.29, 1.82) is 0 Å². The molecule has 4 aromatic rings. The number of anilines is 1. The van der Waals surface area contributed by atoms with Crippen molar-refractivity contribution in [3.8, 4) is 5.69 Å². The lowest BCUT2D eigenvalue weighted by Crippen LogP contribution is -2.45. The van der Waals surface area contributed by atoms with Gasteiger partial charge < -0.3 is 24.2 Å². The fourth-order valence-corrected chi connectivity index (χ4v) is 7.58. The first-order valence-electron chi connectivity index (χ1n) is 15.5. The molecule has 0 amide bonds. The number of phosphoric ester groups is 1. The van der Waals surface area contributed by atoms with Crippen LogP contribution < -0.4 is 4.90 Å². The van der Waals surface area contributed by atoms with Gasteiger partial charge in [0, 0.05) is 61.9 Å². The fraction of sp³-hybridized carbons (Fsp3) is 0.375. The summed E-state index contributed by atoms with van der Waals surface area (Å²) < 4.78 is 86.5. The van der Waals surface area contributed by atoms with E-state index in [0.29, 0.717) is 53.2 Å². The van der Waals surface area contributed by atoms with E-state index in [1.807, 2.05) is 26.0 Å². The number of para-hydroxylation sites is 1. The highest BCUT2D eigenvalue weighted by Gasteiger charge is 2.57. The zero-order valence-corrected chi connectivity index (χ0v) is 28.0. The predicted octanol–water partition coefficient (Wildman–Crippen LogP) is 5.53. The molecule has 0 fully saturated rings. The summed E-state index contributed by atoms with van der Waals surface area (Å²) in [7, 11) is -3.66. The minimum absolute atomic E-state index is 0.0697. The van der Waals surface area contributed by atoms with Gasteiger partial charge in [-0.25, -0.2) is 32.9 Å². The molecule has 2 N–H and O–H groups in total. The van der Waals surface area contributed by atoms with Crippen LogP contribution in [0.2, 0.25) is 0 Å². The van der Waals surface area contributed by atoms with Crippen molar-refractivity contribution in [1.82, 2.24) is 24.3 Å². The van der Waals surface area contributed by atoms with Gasteiger partial charge in [-0.1, -0.05) is 25.1 Å². The second-order valence-electron chi connectivity index (χ2n) is 12.4. The third kappa shape index (κ3) is 5.01. The number of ether oxygens (including phenoxy) is 2. The van der Waals surface area contributed by atoms with E-state index >= 15 is 4.39 Å². The summed E-state index contributed by atoms with van der Waals surface area (Å²) >= 11 is 0. The van der Waals surface area contributed by atoms with E-state index in [1.54, 1.807) is 21.7 Å². The zero-order chi connectivity index (χ0) is 36.0. The van der Waals surface area contributed by atoms with Crippen LogP contribution in [0, 0.1) is 0 Å². The molecular formula is C32H31F4N6O7P. The Morgan fingerprint density at radius 3 is 2.48 bits per heavy atom. The van der Waals surface area contributed by atoms with E-state index in [-0.39, 0.29) is 23.8 Å². The maximum absolute atomic E-state index is 17.6. The summed E-state index contributed by atoms with van der Waals surface area (Å²) in [6.07, 6.45) is -1.90. The third-order valence-corrected chi connectivity index (χ3v) is 10.2. The fourth-order valence-electron chi connectivity index (χ4n) is 7.39. The number of nitrogens with zero attached hydrogens (tertiary/aromatic N) is 6. The lowest BCUT2D eigenvalue weighted by molar-refractivity contribution is -0.138. The van der Waals surface area contributed by atoms with Crippen molar-refractivity contribution < 1.29 is 50.7 Å². The van der Waals surface area contributed by atoms with Crippen LogP contribution in [0.5, 0.6) is 0 Å². The van der Waals surface area contributed by atoms with Gasteiger partial charge in [-0.05, 0) is 37.5 Å². The maximum atomic E-state index is 17.6. The van der Waals surface area contributed by atoms with Crippen LogP contribution in [0.25, 0.3) is 11.3 Å². The number of methoxy groups -OCH3 is 1. The van der Waals surface area contributed by atoms with Crippen molar-refractivity contribution in [2.45, 2.75) is 57.3 Å². The molecule has 2 aliphatic heterocycles. The molecule has 13 nitrogen and oxygen atoms in total. The molecule has 3 aromatic heterocycles. The first kappa shape index (κ1) is 34.1. The third-order valence-electron chi connectivity index (χ3n) is 9.76. The Labute approximate surface area is 282 Å². The number of rotatable bonds is 6. The molecule has 0 bridgehead atoms. The number of halogens is 4. The number of aromatic nitrogens is 5. The Bertz CT molecular complexity index is 2130. The van der Waals surface area contributed by atoms with Gasteiger partial charge in [-0.15, -0.1) is 0 Å². The SMILES string of the molecule is CCc1cccc2c1-n1nc3c(c1C1(C)C2=C(F)C(C)(OC)c2c1ccn2C(=O)OCOP(=O)(O)O)CN(c1ncc(C(F)(F)F)cn1)CC3. The molecule has 0 spiro atoms. The first-order valence-corrected chi connectivity index (χ1v) is 17.0. The van der Waals surface area contributed by atoms with Crippen LogP contribution in [-0.4, -0.2) is 60.6 Å². The van der Waals surface area contributed by atoms with Gasteiger partial charge in [-0.3, -0.25) is 4.57 Å². The standard InChI is InChI=1S/C32H31F4N6O7P/c1-5-17-7-6-8-19-23-25(33)31(3,47-4)27-21(9-12-41(27)29(43)48-16-49-50(44,45)46)30(23,2)26-20-15-40(11-10-22(20)39-42(26)24(17)19)28-37-13-18(14-38-28)32(34,35)36/h6-9,12-14H,5,10-11,15-16H2,1-4H3,(H2,44,45,46). The summed E-state index contributed by atoms with van der Waals surface area (Å²) in [5.41, 5.74) is 0.805. The average Bonchev–Trinajstić information content (AvgIpc) is 3.70. The molecule has 5 heterocycles. The van der Waals surface area contributed by atoms with Gasteiger partial charge in [-0.2, -0.15) is 18.3 Å². The molecule has 3 aliphatic rings. The molecule has 1 aromatic carbocycles. The molecule has 50 heavy (non-hydrogen) atoms. The summed E-state index contributed by atoms with van der Waals surface area (Å²) in [6, 6.07) is 7.20. The Kier molecular flexibility index (Phi) is 7.88. The maximum Gasteiger partial charge on any atom is 0.472 e. The molecular weight excluding hydrogens is 687 g/mol. The molecule has 18 heteroatoms. The van der Waals surface area contributed by atoms with E-state index < -0.39 is 49.3 Å². The molecule has 1 aliphatic carbocycles. The summed E-state index contributed by atoms with van der Waals surface area (Å²) in [4.78, 5) is 41.2. The van der Waals surface area contributed by atoms with E-state index in [1.165, 1.54) is 20.2 Å². The topological polar surface area (TPSA) is 154 Å². The second-order valence-corrected chi connectivity index (χ2v) is 13.7. The molecule has 264 valence electrons. The molecule has 0 saturated heterocycles. The highest BCUT2D eigenvalue weighted by Crippen LogP contribution is 2.61. The minimum atomic E-state index is -4.96. The Morgan fingerprint density at radius 2 is 1.84 bits per heavy atom. The van der Waals surface area contributed by atoms with Crippen molar-refractivity contribution >= 4 is 25.4 Å². The first-order chi connectivity index (χ1) is 23.5. The van der Waals surface area contributed by atoms with Crippen LogP contribution in [0.3, 0.4) is 0 Å². The highest BCUT2D eigenvalue weighted by atomic mass is 31.2. The van der Waals surface area contributed by atoms with Gasteiger partial charge in [0.2, 0.25) is 12.7 Å². The van der Waals surface area contributed by atoms with Crippen molar-refractivity contribution in [3.05, 3.63) is 93.6 Å². The highest BCUT2D eigenvalue weighted by molar-refractivity contribution is 7.46. The lowest BCUT2D eigenvalue weighted by atomic mass is 9.61.